The number of para-hydroxylation sites is 2. The predicted octanol–water partition coefficient (Wildman–Crippen LogP) is 4.06. The number of ether oxygens (including phenoxy) is 2. The average molecular weight is 386 g/mol. The Kier molecular flexibility index (Phi) is 5.51. The fraction of sp³-hybridized carbons (Fsp3) is 0.300. The Bertz CT molecular complexity index is 1020. The molecular formula is C20H22N2O4S. The summed E-state index contributed by atoms with van der Waals surface area (Å²) in [6, 6.07) is 12.7. The van der Waals surface area contributed by atoms with Crippen molar-refractivity contribution in [2.24, 2.45) is 0 Å². The second-order valence-corrected chi connectivity index (χ2v) is 7.41. The van der Waals surface area contributed by atoms with E-state index < -0.39 is 6.10 Å². The Morgan fingerprint density at radius 2 is 1.81 bits per heavy atom. The molecule has 0 fully saturated rings. The molecule has 0 saturated heterocycles. The zero-order valence-corrected chi connectivity index (χ0v) is 16.5. The third-order valence-electron chi connectivity index (χ3n) is 4.14. The van der Waals surface area contributed by atoms with Gasteiger partial charge in [-0.1, -0.05) is 23.5 Å². The molecule has 0 aliphatic carbocycles. The van der Waals surface area contributed by atoms with Crippen molar-refractivity contribution >= 4 is 33.1 Å². The molecule has 1 N–H and O–H groups in total. The highest BCUT2D eigenvalue weighted by Gasteiger charge is 2.18. The van der Waals surface area contributed by atoms with Gasteiger partial charge in [0.1, 0.15) is 0 Å². The van der Waals surface area contributed by atoms with Crippen LogP contribution in [0.1, 0.15) is 26.8 Å². The van der Waals surface area contributed by atoms with E-state index in [9.17, 15) is 9.59 Å². The van der Waals surface area contributed by atoms with Gasteiger partial charge >= 0.3 is 4.87 Å². The molecule has 142 valence electrons. The van der Waals surface area contributed by atoms with E-state index in [2.05, 4.69) is 5.32 Å². The summed E-state index contributed by atoms with van der Waals surface area (Å²) in [6.07, 6.45) is -0.712. The van der Waals surface area contributed by atoms with E-state index in [0.29, 0.717) is 17.2 Å². The molecule has 0 aliphatic rings. The third kappa shape index (κ3) is 3.98. The predicted molar refractivity (Wildman–Crippen MR) is 108 cm³/mol. The minimum atomic E-state index is -0.712. The molecule has 0 bridgehead atoms. The van der Waals surface area contributed by atoms with Crippen molar-refractivity contribution in [3.05, 3.63) is 52.1 Å². The van der Waals surface area contributed by atoms with Crippen molar-refractivity contribution in [3.8, 4) is 11.5 Å². The Morgan fingerprint density at radius 3 is 2.48 bits per heavy atom. The largest absolute Gasteiger partial charge is 0.493 e. The fourth-order valence-corrected chi connectivity index (χ4v) is 3.86. The molecule has 3 aromatic rings. The van der Waals surface area contributed by atoms with E-state index in [1.807, 2.05) is 38.1 Å². The van der Waals surface area contributed by atoms with Gasteiger partial charge in [0.2, 0.25) is 0 Å². The highest BCUT2D eigenvalue weighted by molar-refractivity contribution is 7.16. The van der Waals surface area contributed by atoms with Crippen LogP contribution in [0.2, 0.25) is 0 Å². The molecule has 3 rings (SSSR count). The number of fused-ring (bicyclic) bond motifs is 1. The summed E-state index contributed by atoms with van der Waals surface area (Å²) in [5.41, 5.74) is 1.50. The van der Waals surface area contributed by atoms with Crippen LogP contribution in [0, 0.1) is 0 Å². The number of benzene rings is 2. The van der Waals surface area contributed by atoms with Crippen molar-refractivity contribution in [1.29, 1.82) is 0 Å². The van der Waals surface area contributed by atoms with Crippen LogP contribution in [0.3, 0.4) is 0 Å². The molecule has 0 spiro atoms. The SMILES string of the molecule is COc1ccccc1O[C@H](C)C(=O)Nc1ccc2c(c1)sc(=O)n2C(C)C. The Balaban J connectivity index is 1.76. The first-order valence-electron chi connectivity index (χ1n) is 8.66. The van der Waals surface area contributed by atoms with E-state index in [4.69, 9.17) is 9.47 Å². The van der Waals surface area contributed by atoms with Crippen LogP contribution < -0.4 is 19.7 Å². The van der Waals surface area contributed by atoms with Crippen LogP contribution in [0.15, 0.2) is 47.3 Å². The van der Waals surface area contributed by atoms with Crippen LogP contribution in [-0.4, -0.2) is 23.7 Å². The number of carbonyl (C=O) groups is 1. The minimum absolute atomic E-state index is 0.00338. The zero-order valence-electron chi connectivity index (χ0n) is 15.7. The number of nitrogens with one attached hydrogen (secondary N) is 1. The molecule has 0 saturated carbocycles. The number of rotatable bonds is 6. The van der Waals surface area contributed by atoms with Gasteiger partial charge in [0.15, 0.2) is 17.6 Å². The van der Waals surface area contributed by atoms with E-state index in [1.165, 1.54) is 11.3 Å². The van der Waals surface area contributed by atoms with Gasteiger partial charge in [-0.15, -0.1) is 0 Å². The van der Waals surface area contributed by atoms with E-state index >= 15 is 0 Å². The van der Waals surface area contributed by atoms with Gasteiger partial charge in [-0.25, -0.2) is 0 Å². The topological polar surface area (TPSA) is 69.6 Å². The molecular weight excluding hydrogens is 364 g/mol. The standard InChI is InChI=1S/C20H22N2O4S/c1-12(2)22-15-10-9-14(11-18(15)27-20(22)24)21-19(23)13(3)26-17-8-6-5-7-16(17)25-4/h5-13H,1-4H3,(H,21,23)/t13-/m1/s1. The number of methoxy groups -OCH3 is 1. The highest BCUT2D eigenvalue weighted by Crippen LogP contribution is 2.27. The van der Waals surface area contributed by atoms with Gasteiger partial charge in [-0.3, -0.25) is 14.2 Å². The Morgan fingerprint density at radius 1 is 1.11 bits per heavy atom. The molecule has 0 radical (unpaired) electrons. The van der Waals surface area contributed by atoms with Gasteiger partial charge in [-0.2, -0.15) is 0 Å². The minimum Gasteiger partial charge on any atom is -0.493 e. The maximum absolute atomic E-state index is 12.5. The summed E-state index contributed by atoms with van der Waals surface area (Å²) in [4.78, 5) is 24.6. The maximum Gasteiger partial charge on any atom is 0.308 e. The summed E-state index contributed by atoms with van der Waals surface area (Å²) in [6.45, 7) is 5.62. The zero-order chi connectivity index (χ0) is 19.6. The number of carbonyl (C=O) groups excluding carboxylic acids is 1. The van der Waals surface area contributed by atoms with E-state index in [0.717, 1.165) is 10.2 Å². The summed E-state index contributed by atoms with van der Waals surface area (Å²) in [5.74, 6) is 0.791. The first kappa shape index (κ1) is 19.0. The fourth-order valence-electron chi connectivity index (χ4n) is 2.81. The Labute approximate surface area is 161 Å². The van der Waals surface area contributed by atoms with Gasteiger partial charge in [0, 0.05) is 11.7 Å². The molecule has 1 heterocycles. The lowest BCUT2D eigenvalue weighted by Crippen LogP contribution is -2.30. The molecule has 2 aromatic carbocycles. The number of aromatic nitrogens is 1. The van der Waals surface area contributed by atoms with Gasteiger partial charge in [0.25, 0.3) is 5.91 Å². The first-order valence-corrected chi connectivity index (χ1v) is 9.48. The molecule has 1 atom stereocenters. The second kappa shape index (κ2) is 7.84. The lowest BCUT2D eigenvalue weighted by Gasteiger charge is -2.16. The normalized spacial score (nSPS) is 12.2. The summed E-state index contributed by atoms with van der Waals surface area (Å²) in [7, 11) is 1.55. The van der Waals surface area contributed by atoms with Crippen LogP contribution in [0.4, 0.5) is 5.69 Å². The second-order valence-electron chi connectivity index (χ2n) is 6.41. The van der Waals surface area contributed by atoms with Gasteiger partial charge < -0.3 is 14.8 Å². The van der Waals surface area contributed by atoms with Crippen molar-refractivity contribution in [1.82, 2.24) is 4.57 Å². The molecule has 1 aromatic heterocycles. The number of anilines is 1. The number of thiazole rings is 1. The average Bonchev–Trinajstić information content (AvgIpc) is 2.97. The van der Waals surface area contributed by atoms with Gasteiger partial charge in [-0.05, 0) is 51.1 Å². The molecule has 1 amide bonds. The van der Waals surface area contributed by atoms with Crippen LogP contribution >= 0.6 is 11.3 Å². The molecule has 0 aliphatic heterocycles. The summed E-state index contributed by atoms with van der Waals surface area (Å²) < 4.78 is 13.5. The summed E-state index contributed by atoms with van der Waals surface area (Å²) in [5, 5.41) is 2.84. The van der Waals surface area contributed by atoms with Crippen molar-refractivity contribution in [2.75, 3.05) is 12.4 Å². The van der Waals surface area contributed by atoms with Crippen molar-refractivity contribution in [2.45, 2.75) is 32.9 Å². The van der Waals surface area contributed by atoms with Crippen LogP contribution in [-0.2, 0) is 4.79 Å². The first-order chi connectivity index (χ1) is 12.9. The van der Waals surface area contributed by atoms with Gasteiger partial charge in [0.05, 0.1) is 17.3 Å². The highest BCUT2D eigenvalue weighted by atomic mass is 32.1. The summed E-state index contributed by atoms with van der Waals surface area (Å²) >= 11 is 1.17. The van der Waals surface area contributed by atoms with E-state index in [-0.39, 0.29) is 16.8 Å². The number of amides is 1. The molecule has 0 unspecified atom stereocenters. The lowest BCUT2D eigenvalue weighted by atomic mass is 10.2. The molecule has 27 heavy (non-hydrogen) atoms. The lowest BCUT2D eigenvalue weighted by molar-refractivity contribution is -0.122. The monoisotopic (exact) mass is 386 g/mol. The number of hydrogen-bond acceptors (Lipinski definition) is 5. The van der Waals surface area contributed by atoms with Crippen LogP contribution in [0.5, 0.6) is 11.5 Å². The third-order valence-corrected chi connectivity index (χ3v) is 5.06. The number of hydrogen-bond donors (Lipinski definition) is 1. The quantitative estimate of drug-likeness (QED) is 0.694. The molecule has 6 nitrogen and oxygen atoms in total. The number of nitrogens with zero attached hydrogens (tertiary/aromatic N) is 1. The maximum atomic E-state index is 12.5. The van der Waals surface area contributed by atoms with Crippen molar-refractivity contribution < 1.29 is 14.3 Å². The van der Waals surface area contributed by atoms with E-state index in [1.54, 1.807) is 36.8 Å². The Hall–Kier alpha value is -2.80. The smallest absolute Gasteiger partial charge is 0.308 e. The van der Waals surface area contributed by atoms with Crippen molar-refractivity contribution in [3.63, 3.8) is 0 Å². The van der Waals surface area contributed by atoms with Crippen LogP contribution in [0.25, 0.3) is 10.2 Å². The molecule has 7 heteroatoms.